The molecule has 0 radical (unpaired) electrons. The number of carbonyl (C=O) groups excluding carboxylic acids is 1. The van der Waals surface area contributed by atoms with Gasteiger partial charge in [0.05, 0.1) is 18.1 Å². The molecule has 9 heteroatoms. The maximum Gasteiger partial charge on any atom is 0.269 e. The van der Waals surface area contributed by atoms with Gasteiger partial charge in [-0.05, 0) is 12.5 Å². The zero-order valence-corrected chi connectivity index (χ0v) is 15.2. The summed E-state index contributed by atoms with van der Waals surface area (Å²) in [6.07, 6.45) is 3.20. The average Bonchev–Trinajstić information content (AvgIpc) is 3.11. The molecule has 9 nitrogen and oxygen atoms in total. The van der Waals surface area contributed by atoms with Crippen molar-refractivity contribution in [2.45, 2.75) is 26.6 Å². The molecule has 3 aromatic rings. The first-order valence-electron chi connectivity index (χ1n) is 8.57. The standard InChI is InChI=1S/C18H21N7O2/c1-3-24-12-16(21-22-24)20-17(26)13-25-18(27)9-15(10-19-25)23(2)11-14-7-5-4-6-8-14/h4-10,12H,3,11,13H2,1-2H3,(H,20,26). The molecule has 2 aromatic heterocycles. The van der Waals surface area contributed by atoms with E-state index in [9.17, 15) is 9.59 Å². The van der Waals surface area contributed by atoms with Crippen molar-refractivity contribution >= 4 is 17.4 Å². The number of nitrogens with one attached hydrogen (secondary N) is 1. The monoisotopic (exact) mass is 367 g/mol. The number of nitrogens with zero attached hydrogens (tertiary/aromatic N) is 6. The lowest BCUT2D eigenvalue weighted by atomic mass is 10.2. The minimum absolute atomic E-state index is 0.194. The molecule has 0 aliphatic carbocycles. The minimum Gasteiger partial charge on any atom is -0.369 e. The number of rotatable bonds is 7. The molecule has 0 saturated carbocycles. The molecule has 1 aromatic carbocycles. The summed E-state index contributed by atoms with van der Waals surface area (Å²) in [5, 5.41) is 14.4. The van der Waals surface area contributed by atoms with Gasteiger partial charge in [-0.25, -0.2) is 4.68 Å². The van der Waals surface area contributed by atoms with Crippen LogP contribution in [-0.2, 0) is 24.4 Å². The number of amides is 1. The van der Waals surface area contributed by atoms with Gasteiger partial charge < -0.3 is 10.2 Å². The molecular weight excluding hydrogens is 346 g/mol. The highest BCUT2D eigenvalue weighted by atomic mass is 16.2. The van der Waals surface area contributed by atoms with Crippen molar-refractivity contribution in [3.05, 3.63) is 64.7 Å². The molecule has 1 N–H and O–H groups in total. The van der Waals surface area contributed by atoms with E-state index in [1.54, 1.807) is 17.1 Å². The van der Waals surface area contributed by atoms with E-state index in [0.29, 0.717) is 24.6 Å². The zero-order valence-electron chi connectivity index (χ0n) is 15.2. The van der Waals surface area contributed by atoms with Crippen molar-refractivity contribution in [3.63, 3.8) is 0 Å². The van der Waals surface area contributed by atoms with Crippen LogP contribution in [0, 0.1) is 0 Å². The lowest BCUT2D eigenvalue weighted by Gasteiger charge is -2.19. The molecule has 1 amide bonds. The third-order valence-electron chi connectivity index (χ3n) is 3.98. The van der Waals surface area contributed by atoms with E-state index in [4.69, 9.17) is 0 Å². The van der Waals surface area contributed by atoms with Crippen molar-refractivity contribution in [1.82, 2.24) is 24.8 Å². The second-order valence-corrected chi connectivity index (χ2v) is 6.06. The molecule has 0 fully saturated rings. The van der Waals surface area contributed by atoms with Crippen LogP contribution < -0.4 is 15.8 Å². The van der Waals surface area contributed by atoms with E-state index in [0.717, 1.165) is 10.2 Å². The van der Waals surface area contributed by atoms with E-state index < -0.39 is 5.91 Å². The first kappa shape index (κ1) is 18.3. The molecule has 0 aliphatic heterocycles. The predicted octanol–water partition coefficient (Wildman–Crippen LogP) is 1.13. The molecular formula is C18H21N7O2. The first-order valence-corrected chi connectivity index (χ1v) is 8.57. The van der Waals surface area contributed by atoms with Crippen molar-refractivity contribution in [2.24, 2.45) is 0 Å². The Morgan fingerprint density at radius 1 is 1.26 bits per heavy atom. The van der Waals surface area contributed by atoms with E-state index >= 15 is 0 Å². The highest BCUT2D eigenvalue weighted by Crippen LogP contribution is 2.11. The number of benzene rings is 1. The Hall–Kier alpha value is -3.49. The Morgan fingerprint density at radius 3 is 2.70 bits per heavy atom. The van der Waals surface area contributed by atoms with Gasteiger partial charge in [0.2, 0.25) is 5.91 Å². The summed E-state index contributed by atoms with van der Waals surface area (Å²) in [6.45, 7) is 3.03. The Bertz CT molecular complexity index is 965. The van der Waals surface area contributed by atoms with Gasteiger partial charge in [-0.3, -0.25) is 14.3 Å². The fourth-order valence-corrected chi connectivity index (χ4v) is 2.53. The quantitative estimate of drug-likeness (QED) is 0.672. The van der Waals surface area contributed by atoms with E-state index in [-0.39, 0.29) is 12.1 Å². The van der Waals surface area contributed by atoms with Crippen LogP contribution in [0.1, 0.15) is 12.5 Å². The first-order chi connectivity index (χ1) is 13.0. The number of carbonyl (C=O) groups is 1. The van der Waals surface area contributed by atoms with Crippen LogP contribution in [0.2, 0.25) is 0 Å². The Kier molecular flexibility index (Phi) is 5.60. The van der Waals surface area contributed by atoms with Crippen molar-refractivity contribution in [3.8, 4) is 0 Å². The molecule has 27 heavy (non-hydrogen) atoms. The highest BCUT2D eigenvalue weighted by Gasteiger charge is 2.10. The topological polar surface area (TPSA) is 97.9 Å². The summed E-state index contributed by atoms with van der Waals surface area (Å²) >= 11 is 0. The van der Waals surface area contributed by atoms with Crippen LogP contribution >= 0.6 is 0 Å². The molecule has 0 saturated heterocycles. The van der Waals surface area contributed by atoms with Crippen LogP contribution in [0.5, 0.6) is 0 Å². The normalized spacial score (nSPS) is 10.6. The second kappa shape index (κ2) is 8.26. The van der Waals surface area contributed by atoms with E-state index in [1.807, 2.05) is 49.2 Å². The fraction of sp³-hybridized carbons (Fsp3) is 0.278. The van der Waals surface area contributed by atoms with Crippen LogP contribution in [0.4, 0.5) is 11.5 Å². The van der Waals surface area contributed by atoms with Crippen LogP contribution in [0.15, 0.2) is 53.6 Å². The molecule has 0 unspecified atom stereocenters. The van der Waals surface area contributed by atoms with Gasteiger partial charge in [-0.2, -0.15) is 5.10 Å². The van der Waals surface area contributed by atoms with E-state index in [1.165, 1.54) is 6.07 Å². The molecule has 0 aliphatic rings. The summed E-state index contributed by atoms with van der Waals surface area (Å²) in [7, 11) is 1.89. The Labute approximate surface area is 156 Å². The van der Waals surface area contributed by atoms with Gasteiger partial charge in [0.15, 0.2) is 5.82 Å². The third kappa shape index (κ3) is 4.78. The van der Waals surface area contributed by atoms with Gasteiger partial charge in [0, 0.05) is 26.2 Å². The van der Waals surface area contributed by atoms with Gasteiger partial charge in [0.1, 0.15) is 6.54 Å². The lowest BCUT2D eigenvalue weighted by Crippen LogP contribution is -2.30. The maximum absolute atomic E-state index is 12.3. The Morgan fingerprint density at radius 2 is 2.04 bits per heavy atom. The lowest BCUT2D eigenvalue weighted by molar-refractivity contribution is -0.117. The summed E-state index contributed by atoms with van der Waals surface area (Å²) in [5.41, 5.74) is 1.47. The highest BCUT2D eigenvalue weighted by molar-refractivity contribution is 5.89. The number of aryl methyl sites for hydroxylation is 1. The number of anilines is 2. The number of hydrogen-bond acceptors (Lipinski definition) is 6. The maximum atomic E-state index is 12.3. The van der Waals surface area contributed by atoms with Crippen molar-refractivity contribution in [1.29, 1.82) is 0 Å². The number of aromatic nitrogens is 5. The summed E-state index contributed by atoms with van der Waals surface area (Å²) in [5.74, 6) is -0.0488. The summed E-state index contributed by atoms with van der Waals surface area (Å²) in [4.78, 5) is 26.3. The smallest absolute Gasteiger partial charge is 0.269 e. The van der Waals surface area contributed by atoms with E-state index in [2.05, 4.69) is 20.7 Å². The minimum atomic E-state index is -0.391. The molecule has 3 rings (SSSR count). The van der Waals surface area contributed by atoms with Crippen molar-refractivity contribution < 1.29 is 4.79 Å². The third-order valence-corrected chi connectivity index (χ3v) is 3.98. The summed E-state index contributed by atoms with van der Waals surface area (Å²) in [6, 6.07) is 11.4. The molecule has 0 atom stereocenters. The SMILES string of the molecule is CCn1cc(NC(=O)Cn2ncc(N(C)Cc3ccccc3)cc2=O)nn1. The second-order valence-electron chi connectivity index (χ2n) is 6.06. The molecule has 2 heterocycles. The van der Waals surface area contributed by atoms with Gasteiger partial charge in [0.25, 0.3) is 5.56 Å². The fourth-order valence-electron chi connectivity index (χ4n) is 2.53. The molecule has 0 spiro atoms. The molecule has 0 bridgehead atoms. The summed E-state index contributed by atoms with van der Waals surface area (Å²) < 4.78 is 2.71. The predicted molar refractivity (Wildman–Crippen MR) is 101 cm³/mol. The van der Waals surface area contributed by atoms with Crippen LogP contribution in [-0.4, -0.2) is 37.7 Å². The van der Waals surface area contributed by atoms with Crippen LogP contribution in [0.25, 0.3) is 0 Å². The van der Waals surface area contributed by atoms with Gasteiger partial charge in [-0.1, -0.05) is 35.5 Å². The zero-order chi connectivity index (χ0) is 19.2. The largest absolute Gasteiger partial charge is 0.369 e. The van der Waals surface area contributed by atoms with Gasteiger partial charge >= 0.3 is 0 Å². The molecule has 140 valence electrons. The number of hydrogen-bond donors (Lipinski definition) is 1. The average molecular weight is 367 g/mol. The van der Waals surface area contributed by atoms with Gasteiger partial charge in [-0.15, -0.1) is 5.10 Å². The van der Waals surface area contributed by atoms with Crippen molar-refractivity contribution in [2.75, 3.05) is 17.3 Å². The van der Waals surface area contributed by atoms with Crippen LogP contribution in [0.3, 0.4) is 0 Å². The Balaban J connectivity index is 1.63.